The molecule has 22 heavy (non-hydrogen) atoms. The zero-order valence-electron chi connectivity index (χ0n) is 11.4. The van der Waals surface area contributed by atoms with Crippen LogP contribution in [0.2, 0.25) is 0 Å². The number of nitrogens with zero attached hydrogens (tertiary/aromatic N) is 2. The minimum atomic E-state index is -0.983. The average Bonchev–Trinajstić information content (AvgIpc) is 2.84. The molecule has 0 spiro atoms. The maximum absolute atomic E-state index is 11.8. The first-order chi connectivity index (χ1) is 10.6. The van der Waals surface area contributed by atoms with E-state index in [9.17, 15) is 9.59 Å². The molecule has 2 aromatic carbocycles. The Balaban J connectivity index is 1.82. The van der Waals surface area contributed by atoms with Crippen LogP contribution < -0.4 is 5.32 Å². The van der Waals surface area contributed by atoms with Crippen molar-refractivity contribution in [1.82, 2.24) is 0 Å². The number of aromatic carboxylic acids is 1. The second-order valence-corrected chi connectivity index (χ2v) is 4.62. The van der Waals surface area contributed by atoms with Gasteiger partial charge < -0.3 is 10.4 Å². The number of amides is 1. The van der Waals surface area contributed by atoms with Crippen molar-refractivity contribution in [2.75, 3.05) is 5.32 Å². The fourth-order valence-corrected chi connectivity index (χ4v) is 2.07. The predicted molar refractivity (Wildman–Crippen MR) is 82.6 cm³/mol. The first-order valence-corrected chi connectivity index (χ1v) is 6.50. The van der Waals surface area contributed by atoms with E-state index in [1.807, 2.05) is 12.1 Å². The van der Waals surface area contributed by atoms with Gasteiger partial charge in [-0.25, -0.2) is 4.79 Å². The first kappa shape index (κ1) is 13.7. The highest BCUT2D eigenvalue weighted by molar-refractivity contribution is 6.53. The number of hydrogen-bond donors (Lipinski definition) is 2. The predicted octanol–water partition coefficient (Wildman–Crippen LogP) is 2.16. The molecule has 0 radical (unpaired) electrons. The fraction of sp³-hybridized carbons (Fsp3) is 0. The first-order valence-electron chi connectivity index (χ1n) is 6.50. The summed E-state index contributed by atoms with van der Waals surface area (Å²) in [4.78, 5) is 22.6. The molecule has 2 N–H and O–H groups in total. The summed E-state index contributed by atoms with van der Waals surface area (Å²) in [6, 6.07) is 13.4. The summed E-state index contributed by atoms with van der Waals surface area (Å²) < 4.78 is 0. The Bertz CT molecular complexity index is 808. The fourth-order valence-electron chi connectivity index (χ4n) is 2.07. The lowest BCUT2D eigenvalue weighted by atomic mass is 10.1. The van der Waals surface area contributed by atoms with Crippen molar-refractivity contribution in [1.29, 1.82) is 0 Å². The Kier molecular flexibility index (Phi) is 3.49. The van der Waals surface area contributed by atoms with Crippen molar-refractivity contribution < 1.29 is 14.7 Å². The summed E-state index contributed by atoms with van der Waals surface area (Å²) >= 11 is 0. The van der Waals surface area contributed by atoms with Gasteiger partial charge in [0, 0.05) is 5.56 Å². The SMILES string of the molecule is O=C1Nc2ccccc2/C1=N/N=Cc1ccc(C(=O)O)cc1. The lowest BCUT2D eigenvalue weighted by Crippen LogP contribution is -2.13. The molecular weight excluding hydrogens is 282 g/mol. The molecule has 0 unspecified atom stereocenters. The molecule has 1 aliphatic heterocycles. The van der Waals surface area contributed by atoms with Gasteiger partial charge in [0.1, 0.15) is 0 Å². The number of carboxylic acid groups (broad SMARTS) is 1. The van der Waals surface area contributed by atoms with E-state index in [2.05, 4.69) is 15.5 Å². The van der Waals surface area contributed by atoms with Gasteiger partial charge in [-0.15, -0.1) is 5.10 Å². The van der Waals surface area contributed by atoms with E-state index in [1.165, 1.54) is 18.3 Å². The van der Waals surface area contributed by atoms with Crippen LogP contribution in [-0.2, 0) is 4.79 Å². The summed E-state index contributed by atoms with van der Waals surface area (Å²) in [5, 5.41) is 19.4. The zero-order chi connectivity index (χ0) is 15.5. The van der Waals surface area contributed by atoms with Gasteiger partial charge in [-0.1, -0.05) is 30.3 Å². The van der Waals surface area contributed by atoms with Crippen molar-refractivity contribution in [2.45, 2.75) is 0 Å². The molecule has 6 nitrogen and oxygen atoms in total. The summed E-state index contributed by atoms with van der Waals surface area (Å²) in [6.07, 6.45) is 1.47. The lowest BCUT2D eigenvalue weighted by molar-refractivity contribution is -0.110. The second-order valence-electron chi connectivity index (χ2n) is 4.62. The van der Waals surface area contributed by atoms with E-state index in [0.29, 0.717) is 16.8 Å². The molecule has 6 heteroatoms. The normalized spacial score (nSPS) is 15.1. The van der Waals surface area contributed by atoms with Crippen LogP contribution in [-0.4, -0.2) is 28.9 Å². The summed E-state index contributed by atoms with van der Waals surface area (Å²) in [5.41, 5.74) is 2.58. The molecule has 1 heterocycles. The third kappa shape index (κ3) is 2.62. The third-order valence-corrected chi connectivity index (χ3v) is 3.17. The number of benzene rings is 2. The molecule has 0 saturated heterocycles. The van der Waals surface area contributed by atoms with Crippen LogP contribution in [0.3, 0.4) is 0 Å². The number of rotatable bonds is 3. The van der Waals surface area contributed by atoms with E-state index in [0.717, 1.165) is 0 Å². The molecule has 2 aromatic rings. The highest BCUT2D eigenvalue weighted by atomic mass is 16.4. The quantitative estimate of drug-likeness (QED) is 0.671. The molecule has 108 valence electrons. The Morgan fingerprint density at radius 3 is 2.55 bits per heavy atom. The van der Waals surface area contributed by atoms with Crippen molar-refractivity contribution in [2.24, 2.45) is 10.2 Å². The van der Waals surface area contributed by atoms with Crippen molar-refractivity contribution >= 4 is 29.5 Å². The molecule has 0 saturated carbocycles. The van der Waals surface area contributed by atoms with Crippen LogP contribution in [0.25, 0.3) is 0 Å². The third-order valence-electron chi connectivity index (χ3n) is 3.17. The van der Waals surface area contributed by atoms with Crippen molar-refractivity contribution in [3.63, 3.8) is 0 Å². The van der Waals surface area contributed by atoms with E-state index in [-0.39, 0.29) is 17.2 Å². The Labute approximate surface area is 125 Å². The van der Waals surface area contributed by atoms with Crippen LogP contribution in [0, 0.1) is 0 Å². The zero-order valence-corrected chi connectivity index (χ0v) is 11.4. The molecular formula is C16H11N3O3. The summed E-state index contributed by atoms with van der Waals surface area (Å²) in [7, 11) is 0. The van der Waals surface area contributed by atoms with Crippen LogP contribution in [0.5, 0.6) is 0 Å². The maximum Gasteiger partial charge on any atom is 0.335 e. The van der Waals surface area contributed by atoms with Gasteiger partial charge in [-0.3, -0.25) is 4.79 Å². The highest BCUT2D eigenvalue weighted by Gasteiger charge is 2.25. The van der Waals surface area contributed by atoms with Gasteiger partial charge >= 0.3 is 5.97 Å². The van der Waals surface area contributed by atoms with E-state index < -0.39 is 5.97 Å². The van der Waals surface area contributed by atoms with Crippen LogP contribution in [0.1, 0.15) is 21.5 Å². The Morgan fingerprint density at radius 2 is 1.82 bits per heavy atom. The van der Waals surface area contributed by atoms with Gasteiger partial charge in [0.15, 0.2) is 5.71 Å². The molecule has 1 aliphatic rings. The van der Waals surface area contributed by atoms with Crippen LogP contribution in [0.15, 0.2) is 58.7 Å². The van der Waals surface area contributed by atoms with Crippen LogP contribution >= 0.6 is 0 Å². The summed E-state index contributed by atoms with van der Waals surface area (Å²) in [6.45, 7) is 0. The number of carbonyl (C=O) groups is 2. The van der Waals surface area contributed by atoms with E-state index in [1.54, 1.807) is 24.3 Å². The van der Waals surface area contributed by atoms with Gasteiger partial charge in [0.25, 0.3) is 5.91 Å². The number of hydrogen-bond acceptors (Lipinski definition) is 4. The lowest BCUT2D eigenvalue weighted by Gasteiger charge is -1.95. The number of fused-ring (bicyclic) bond motifs is 1. The van der Waals surface area contributed by atoms with Gasteiger partial charge in [-0.05, 0) is 23.8 Å². The Morgan fingerprint density at radius 1 is 1.09 bits per heavy atom. The standard InChI is InChI=1S/C16H11N3O3/c20-15-14(12-3-1-2-4-13(12)18-15)19-17-9-10-5-7-11(8-6-10)16(21)22/h1-9H,(H,21,22)(H,18,19,20). The summed E-state index contributed by atoms with van der Waals surface area (Å²) in [5.74, 6) is -1.28. The largest absolute Gasteiger partial charge is 0.478 e. The van der Waals surface area contributed by atoms with Crippen LogP contribution in [0.4, 0.5) is 5.69 Å². The number of para-hydroxylation sites is 1. The smallest absolute Gasteiger partial charge is 0.335 e. The van der Waals surface area contributed by atoms with Crippen molar-refractivity contribution in [3.8, 4) is 0 Å². The average molecular weight is 293 g/mol. The molecule has 0 fully saturated rings. The van der Waals surface area contributed by atoms with Gasteiger partial charge in [0.2, 0.25) is 0 Å². The molecule has 3 rings (SSSR count). The number of anilines is 1. The highest BCUT2D eigenvalue weighted by Crippen LogP contribution is 2.22. The van der Waals surface area contributed by atoms with Crippen molar-refractivity contribution in [3.05, 3.63) is 65.2 Å². The number of carbonyl (C=O) groups excluding carboxylic acids is 1. The minimum absolute atomic E-state index is 0.201. The minimum Gasteiger partial charge on any atom is -0.478 e. The molecule has 0 atom stereocenters. The molecule has 0 bridgehead atoms. The Hall–Kier alpha value is -3.28. The second kappa shape index (κ2) is 5.61. The molecule has 1 amide bonds. The monoisotopic (exact) mass is 293 g/mol. The van der Waals surface area contributed by atoms with E-state index in [4.69, 9.17) is 5.11 Å². The maximum atomic E-state index is 11.8. The number of nitrogens with one attached hydrogen (secondary N) is 1. The molecule has 0 aromatic heterocycles. The topological polar surface area (TPSA) is 91.1 Å². The van der Waals surface area contributed by atoms with Gasteiger partial charge in [-0.2, -0.15) is 5.10 Å². The number of carboxylic acids is 1. The van der Waals surface area contributed by atoms with Gasteiger partial charge in [0.05, 0.1) is 17.5 Å². The van der Waals surface area contributed by atoms with E-state index >= 15 is 0 Å². The molecule has 0 aliphatic carbocycles.